The van der Waals surface area contributed by atoms with Gasteiger partial charge in [-0.25, -0.2) is 15.0 Å². The molecule has 10 nitrogen and oxygen atoms in total. The summed E-state index contributed by atoms with van der Waals surface area (Å²) in [7, 11) is 0. The monoisotopic (exact) mass is 552 g/mol. The number of carbonyl (C=O) groups is 1. The second-order valence-electron chi connectivity index (χ2n) is 10.6. The van der Waals surface area contributed by atoms with E-state index in [9.17, 15) is 15.2 Å². The Morgan fingerprint density at radius 1 is 1.10 bits per heavy atom. The number of ether oxygens (including phenoxy) is 2. The Balaban J connectivity index is 1.21. The lowest BCUT2D eigenvalue weighted by Crippen LogP contribution is -2.36. The van der Waals surface area contributed by atoms with E-state index in [1.807, 2.05) is 18.2 Å². The normalized spacial score (nSPS) is 20.0. The molecule has 1 saturated carbocycles. The Morgan fingerprint density at radius 2 is 1.83 bits per heavy atom. The van der Waals surface area contributed by atoms with Crippen LogP contribution in [0.3, 0.4) is 0 Å². The molecular formula is C31H32N6O4. The fourth-order valence-corrected chi connectivity index (χ4v) is 5.69. The van der Waals surface area contributed by atoms with Crippen LogP contribution in [0.1, 0.15) is 38.2 Å². The highest BCUT2D eigenvalue weighted by Crippen LogP contribution is 2.33. The van der Waals surface area contributed by atoms with Gasteiger partial charge in [0.1, 0.15) is 35.6 Å². The molecule has 1 atom stereocenters. The van der Waals surface area contributed by atoms with E-state index >= 15 is 0 Å². The Kier molecular flexibility index (Phi) is 7.63. The number of nitriles is 1. The molecule has 0 radical (unpaired) electrons. The van der Waals surface area contributed by atoms with Crippen molar-refractivity contribution in [1.82, 2.24) is 19.9 Å². The molecule has 2 N–H and O–H groups in total. The van der Waals surface area contributed by atoms with Gasteiger partial charge in [0, 0.05) is 35.8 Å². The highest BCUT2D eigenvalue weighted by atomic mass is 16.5. The minimum Gasteiger partial charge on any atom is -0.489 e. The number of H-pyrrole nitrogens is 1. The molecule has 2 aromatic heterocycles. The lowest BCUT2D eigenvalue weighted by atomic mass is 9.83. The topological polar surface area (TPSA) is 137 Å². The molecule has 3 heterocycles. The molecular weight excluding hydrogens is 520 g/mol. The number of hydrogen-bond acceptors (Lipinski definition) is 9. The molecule has 2 aliphatic rings. The van der Waals surface area contributed by atoms with Crippen LogP contribution in [0.15, 0.2) is 48.8 Å². The summed E-state index contributed by atoms with van der Waals surface area (Å²) >= 11 is 0. The third kappa shape index (κ3) is 5.64. The number of aliphatic hydroxyl groups excluding tert-OH is 1. The molecule has 1 saturated heterocycles. The number of aromatic nitrogens is 4. The minimum absolute atomic E-state index is 0.0819. The van der Waals surface area contributed by atoms with Gasteiger partial charge < -0.3 is 24.5 Å². The summed E-state index contributed by atoms with van der Waals surface area (Å²) in [4.78, 5) is 31.4. The molecule has 210 valence electrons. The summed E-state index contributed by atoms with van der Waals surface area (Å²) in [5, 5.41) is 19.5. The lowest BCUT2D eigenvalue weighted by Gasteiger charge is -2.29. The number of benzene rings is 2. The first-order valence-corrected chi connectivity index (χ1v) is 14.1. The number of morpholine rings is 1. The second-order valence-corrected chi connectivity index (χ2v) is 10.6. The summed E-state index contributed by atoms with van der Waals surface area (Å²) in [5.41, 5.74) is 5.15. The Labute approximate surface area is 238 Å². The van der Waals surface area contributed by atoms with E-state index in [-0.39, 0.29) is 17.8 Å². The number of fused-ring (bicyclic) bond motifs is 1. The van der Waals surface area contributed by atoms with Gasteiger partial charge in [0.15, 0.2) is 11.4 Å². The lowest BCUT2D eigenvalue weighted by molar-refractivity contribution is -0.131. The number of aromatic amines is 1. The highest BCUT2D eigenvalue weighted by Gasteiger charge is 2.29. The van der Waals surface area contributed by atoms with Crippen LogP contribution in [-0.4, -0.2) is 69.3 Å². The highest BCUT2D eigenvalue weighted by molar-refractivity contribution is 5.89. The predicted octanol–water partition coefficient (Wildman–Crippen LogP) is 4.28. The van der Waals surface area contributed by atoms with E-state index in [0.717, 1.165) is 43.1 Å². The van der Waals surface area contributed by atoms with Gasteiger partial charge in [-0.3, -0.25) is 4.79 Å². The number of Topliss-reactive ketones (excluding diaryl/α,β-unsaturated/α-hetero) is 1. The SMILES string of the molecule is C[C@H](O)C(=O)C1CCC(Oc2ccc(-c3ncnc4nc(-c5ccc(N6CCOCC6)cc5)[nH]c34)cc2C#N)CC1. The van der Waals surface area contributed by atoms with E-state index in [2.05, 4.69) is 38.1 Å². The average molecular weight is 553 g/mol. The van der Waals surface area contributed by atoms with Crippen molar-refractivity contribution in [2.45, 2.75) is 44.8 Å². The van der Waals surface area contributed by atoms with Crippen LogP contribution in [0.2, 0.25) is 0 Å². The first-order chi connectivity index (χ1) is 20.0. The fraction of sp³-hybridized carbons (Fsp3) is 0.387. The summed E-state index contributed by atoms with van der Waals surface area (Å²) in [6.07, 6.45) is 3.21. The second kappa shape index (κ2) is 11.6. The van der Waals surface area contributed by atoms with Gasteiger partial charge in [0.25, 0.3) is 0 Å². The van der Waals surface area contributed by atoms with Crippen molar-refractivity contribution in [3.8, 4) is 34.5 Å². The molecule has 0 unspecified atom stereocenters. The van der Waals surface area contributed by atoms with Crippen molar-refractivity contribution in [3.63, 3.8) is 0 Å². The molecule has 2 aromatic carbocycles. The number of ketones is 1. The Hall–Kier alpha value is -4.33. The summed E-state index contributed by atoms with van der Waals surface area (Å²) in [5.74, 6) is 0.974. The number of carbonyl (C=O) groups excluding carboxylic acids is 1. The number of rotatable bonds is 7. The van der Waals surface area contributed by atoms with E-state index in [1.165, 1.54) is 13.3 Å². The molecule has 0 amide bonds. The maximum atomic E-state index is 12.1. The standard InChI is InChI=1S/C31H32N6O4/c1-19(38)29(39)20-4-9-25(10-5-20)41-26-11-6-22(16-23(26)17-32)27-28-31(34-18-33-27)36-30(35-28)21-2-7-24(8-3-21)37-12-14-40-15-13-37/h2-3,6-8,11,16,18-20,25,38H,4-5,9-10,12-15H2,1H3,(H,33,34,35,36)/t19-,20?,25?/m0/s1. The van der Waals surface area contributed by atoms with Crippen molar-refractivity contribution >= 4 is 22.6 Å². The van der Waals surface area contributed by atoms with Crippen molar-refractivity contribution in [2.24, 2.45) is 5.92 Å². The first-order valence-electron chi connectivity index (χ1n) is 14.1. The predicted molar refractivity (Wildman–Crippen MR) is 153 cm³/mol. The molecule has 0 bridgehead atoms. The smallest absolute Gasteiger partial charge is 0.181 e. The van der Waals surface area contributed by atoms with Crippen molar-refractivity contribution in [2.75, 3.05) is 31.2 Å². The zero-order chi connectivity index (χ0) is 28.3. The largest absolute Gasteiger partial charge is 0.489 e. The summed E-state index contributed by atoms with van der Waals surface area (Å²) in [6.45, 7) is 4.75. The number of hydrogen-bond donors (Lipinski definition) is 2. The zero-order valence-electron chi connectivity index (χ0n) is 22.9. The van der Waals surface area contributed by atoms with Gasteiger partial charge >= 0.3 is 0 Å². The van der Waals surface area contributed by atoms with Crippen molar-refractivity contribution < 1.29 is 19.4 Å². The van der Waals surface area contributed by atoms with E-state index < -0.39 is 6.10 Å². The van der Waals surface area contributed by atoms with Gasteiger partial charge in [-0.2, -0.15) is 5.26 Å². The fourth-order valence-electron chi connectivity index (χ4n) is 5.69. The van der Waals surface area contributed by atoms with Crippen molar-refractivity contribution in [3.05, 3.63) is 54.4 Å². The first kappa shape index (κ1) is 26.9. The molecule has 2 fully saturated rings. The van der Waals surface area contributed by atoms with Crippen LogP contribution >= 0.6 is 0 Å². The van der Waals surface area contributed by atoms with E-state index in [1.54, 1.807) is 12.1 Å². The molecule has 41 heavy (non-hydrogen) atoms. The number of nitrogens with one attached hydrogen (secondary N) is 1. The molecule has 0 spiro atoms. The van der Waals surface area contributed by atoms with Crippen molar-refractivity contribution in [1.29, 1.82) is 5.26 Å². The molecule has 10 heteroatoms. The van der Waals surface area contributed by atoms with Crippen LogP contribution < -0.4 is 9.64 Å². The van der Waals surface area contributed by atoms with Crippen LogP contribution in [0, 0.1) is 17.2 Å². The summed E-state index contributed by atoms with van der Waals surface area (Å²) in [6, 6.07) is 16.0. The number of aliphatic hydroxyl groups is 1. The van der Waals surface area contributed by atoms with Crippen LogP contribution in [-0.2, 0) is 9.53 Å². The molecule has 6 rings (SSSR count). The summed E-state index contributed by atoms with van der Waals surface area (Å²) < 4.78 is 11.7. The van der Waals surface area contributed by atoms with Crippen LogP contribution in [0.5, 0.6) is 5.75 Å². The third-order valence-corrected chi connectivity index (χ3v) is 7.96. The quantitative estimate of drug-likeness (QED) is 0.344. The third-order valence-electron chi connectivity index (χ3n) is 7.96. The van der Waals surface area contributed by atoms with Gasteiger partial charge in [0.2, 0.25) is 0 Å². The maximum absolute atomic E-state index is 12.1. The number of nitrogens with zero attached hydrogens (tertiary/aromatic N) is 5. The maximum Gasteiger partial charge on any atom is 0.181 e. The Bertz CT molecular complexity index is 1580. The number of imidazole rings is 1. The number of anilines is 1. The zero-order valence-corrected chi connectivity index (χ0v) is 22.9. The van der Waals surface area contributed by atoms with E-state index in [0.29, 0.717) is 59.7 Å². The van der Waals surface area contributed by atoms with Crippen LogP contribution in [0.25, 0.3) is 33.8 Å². The van der Waals surface area contributed by atoms with Gasteiger partial charge in [0.05, 0.1) is 30.6 Å². The van der Waals surface area contributed by atoms with E-state index in [4.69, 9.17) is 14.5 Å². The Morgan fingerprint density at radius 3 is 2.54 bits per heavy atom. The van der Waals surface area contributed by atoms with Gasteiger partial charge in [-0.05, 0) is 75.1 Å². The molecule has 1 aliphatic heterocycles. The molecule has 4 aromatic rings. The average Bonchev–Trinajstić information content (AvgIpc) is 3.46. The van der Waals surface area contributed by atoms with Gasteiger partial charge in [-0.15, -0.1) is 0 Å². The van der Waals surface area contributed by atoms with Crippen LogP contribution in [0.4, 0.5) is 5.69 Å². The minimum atomic E-state index is -0.935. The molecule has 1 aliphatic carbocycles. The van der Waals surface area contributed by atoms with Gasteiger partial charge in [-0.1, -0.05) is 0 Å².